The highest BCUT2D eigenvalue weighted by molar-refractivity contribution is 5.78. The fourth-order valence-corrected chi connectivity index (χ4v) is 1.29. The van der Waals surface area contributed by atoms with E-state index in [4.69, 9.17) is 5.73 Å². The Morgan fingerprint density at radius 2 is 2.31 bits per heavy atom. The topological polar surface area (TPSA) is 75.3 Å². The number of amides is 1. The van der Waals surface area contributed by atoms with E-state index in [1.165, 1.54) is 0 Å². The van der Waals surface area contributed by atoms with E-state index in [1.807, 2.05) is 13.0 Å². The number of aromatic hydroxyl groups is 1. The second-order valence-electron chi connectivity index (χ2n) is 3.99. The molecule has 4 N–H and O–H groups in total. The lowest BCUT2D eigenvalue weighted by Crippen LogP contribution is -2.32. The lowest BCUT2D eigenvalue weighted by atomic mass is 10.1. The van der Waals surface area contributed by atoms with Gasteiger partial charge in [-0.25, -0.2) is 0 Å². The molecule has 0 saturated carbocycles. The quantitative estimate of drug-likeness (QED) is 0.684. The van der Waals surface area contributed by atoms with Crippen LogP contribution < -0.4 is 11.1 Å². The van der Waals surface area contributed by atoms with E-state index in [9.17, 15) is 9.90 Å². The summed E-state index contributed by atoms with van der Waals surface area (Å²) in [4.78, 5) is 11.5. The Bertz CT molecular complexity index is 353. The molecular formula is C12H18N2O2. The average Bonchev–Trinajstić information content (AvgIpc) is 2.26. The zero-order valence-corrected chi connectivity index (χ0v) is 9.44. The van der Waals surface area contributed by atoms with E-state index in [0.29, 0.717) is 13.1 Å². The van der Waals surface area contributed by atoms with Gasteiger partial charge in [-0.05, 0) is 30.2 Å². The zero-order valence-electron chi connectivity index (χ0n) is 9.44. The molecule has 0 aliphatic heterocycles. The molecule has 1 amide bonds. The van der Waals surface area contributed by atoms with Gasteiger partial charge in [0.15, 0.2) is 0 Å². The van der Waals surface area contributed by atoms with Gasteiger partial charge >= 0.3 is 0 Å². The maximum Gasteiger partial charge on any atom is 0.224 e. The van der Waals surface area contributed by atoms with Crippen molar-refractivity contribution in [3.05, 3.63) is 29.8 Å². The molecule has 0 radical (unpaired) electrons. The maximum atomic E-state index is 11.5. The van der Waals surface area contributed by atoms with Crippen LogP contribution in [-0.4, -0.2) is 24.1 Å². The molecule has 16 heavy (non-hydrogen) atoms. The van der Waals surface area contributed by atoms with Crippen molar-refractivity contribution < 1.29 is 9.90 Å². The second-order valence-corrected chi connectivity index (χ2v) is 3.99. The monoisotopic (exact) mass is 222 g/mol. The third-order valence-electron chi connectivity index (χ3n) is 2.33. The summed E-state index contributed by atoms with van der Waals surface area (Å²) in [5, 5.41) is 12.0. The number of hydrogen-bond acceptors (Lipinski definition) is 3. The Morgan fingerprint density at radius 1 is 1.56 bits per heavy atom. The summed E-state index contributed by atoms with van der Waals surface area (Å²) in [5.41, 5.74) is 6.25. The Balaban J connectivity index is 2.40. The minimum atomic E-state index is -0.0501. The smallest absolute Gasteiger partial charge is 0.224 e. The lowest BCUT2D eigenvalue weighted by molar-refractivity contribution is -0.120. The Hall–Kier alpha value is -1.55. The van der Waals surface area contributed by atoms with Gasteiger partial charge in [0.2, 0.25) is 5.91 Å². The largest absolute Gasteiger partial charge is 0.508 e. The summed E-state index contributed by atoms with van der Waals surface area (Å²) in [6, 6.07) is 6.70. The number of benzene rings is 1. The van der Waals surface area contributed by atoms with Crippen LogP contribution in [0.25, 0.3) is 0 Å². The fraction of sp³-hybridized carbons (Fsp3) is 0.417. The van der Waals surface area contributed by atoms with Crippen LogP contribution in [0.2, 0.25) is 0 Å². The van der Waals surface area contributed by atoms with Gasteiger partial charge in [0.05, 0.1) is 6.42 Å². The van der Waals surface area contributed by atoms with E-state index in [0.717, 1.165) is 5.56 Å². The Kier molecular flexibility index (Phi) is 4.79. The maximum absolute atomic E-state index is 11.5. The van der Waals surface area contributed by atoms with Crippen molar-refractivity contribution in [2.45, 2.75) is 13.3 Å². The van der Waals surface area contributed by atoms with Crippen molar-refractivity contribution >= 4 is 5.91 Å². The SMILES string of the molecule is CC(CN)CNC(=O)Cc1cccc(O)c1. The van der Waals surface area contributed by atoms with Crippen LogP contribution >= 0.6 is 0 Å². The highest BCUT2D eigenvalue weighted by Gasteiger charge is 2.05. The lowest BCUT2D eigenvalue weighted by Gasteiger charge is -2.10. The first-order chi connectivity index (χ1) is 7.61. The molecule has 4 heteroatoms. The molecule has 4 nitrogen and oxygen atoms in total. The van der Waals surface area contributed by atoms with Gasteiger partial charge in [0.25, 0.3) is 0 Å². The minimum Gasteiger partial charge on any atom is -0.508 e. The minimum absolute atomic E-state index is 0.0501. The van der Waals surface area contributed by atoms with Crippen LogP contribution in [0.3, 0.4) is 0 Å². The Morgan fingerprint density at radius 3 is 2.94 bits per heavy atom. The number of carbonyl (C=O) groups is 1. The van der Waals surface area contributed by atoms with E-state index >= 15 is 0 Å². The molecule has 0 aliphatic carbocycles. The molecule has 1 rings (SSSR count). The molecule has 1 aromatic rings. The average molecular weight is 222 g/mol. The third kappa shape index (κ3) is 4.31. The molecule has 0 spiro atoms. The van der Waals surface area contributed by atoms with Crippen LogP contribution in [0.15, 0.2) is 24.3 Å². The summed E-state index contributed by atoms with van der Waals surface area (Å²) >= 11 is 0. The molecule has 0 aliphatic rings. The molecule has 0 fully saturated rings. The summed E-state index contributed by atoms with van der Waals surface area (Å²) in [6.07, 6.45) is 0.283. The fourth-order valence-electron chi connectivity index (χ4n) is 1.29. The molecule has 1 atom stereocenters. The molecule has 0 bridgehead atoms. The van der Waals surface area contributed by atoms with Gasteiger partial charge in [0, 0.05) is 6.54 Å². The van der Waals surface area contributed by atoms with Crippen LogP contribution in [-0.2, 0) is 11.2 Å². The van der Waals surface area contributed by atoms with E-state index in [-0.39, 0.29) is 24.0 Å². The first-order valence-electron chi connectivity index (χ1n) is 5.36. The number of phenolic OH excluding ortho intramolecular Hbond substituents is 1. The number of carbonyl (C=O) groups excluding carboxylic acids is 1. The summed E-state index contributed by atoms with van der Waals surface area (Å²) in [7, 11) is 0. The van der Waals surface area contributed by atoms with Crippen molar-refractivity contribution in [1.29, 1.82) is 0 Å². The van der Waals surface area contributed by atoms with Crippen molar-refractivity contribution in [2.24, 2.45) is 11.7 Å². The molecule has 1 unspecified atom stereocenters. The second kappa shape index (κ2) is 6.12. The van der Waals surface area contributed by atoms with Gasteiger partial charge < -0.3 is 16.2 Å². The third-order valence-corrected chi connectivity index (χ3v) is 2.33. The van der Waals surface area contributed by atoms with Gasteiger partial charge in [0.1, 0.15) is 5.75 Å². The first kappa shape index (κ1) is 12.5. The number of phenols is 1. The van der Waals surface area contributed by atoms with Crippen molar-refractivity contribution in [3.8, 4) is 5.75 Å². The number of hydrogen-bond donors (Lipinski definition) is 3. The zero-order chi connectivity index (χ0) is 12.0. The van der Waals surface area contributed by atoms with Crippen molar-refractivity contribution in [2.75, 3.05) is 13.1 Å². The highest BCUT2D eigenvalue weighted by Crippen LogP contribution is 2.11. The van der Waals surface area contributed by atoms with Crippen LogP contribution in [0.1, 0.15) is 12.5 Å². The number of rotatable bonds is 5. The molecule has 1 aromatic carbocycles. The van der Waals surface area contributed by atoms with E-state index < -0.39 is 0 Å². The summed E-state index contributed by atoms with van der Waals surface area (Å²) < 4.78 is 0. The Labute approximate surface area is 95.5 Å². The molecule has 88 valence electrons. The van der Waals surface area contributed by atoms with E-state index in [2.05, 4.69) is 5.32 Å². The highest BCUT2D eigenvalue weighted by atomic mass is 16.3. The molecule has 0 aromatic heterocycles. The van der Waals surface area contributed by atoms with Crippen molar-refractivity contribution in [3.63, 3.8) is 0 Å². The molecule has 0 saturated heterocycles. The standard InChI is InChI=1S/C12H18N2O2/c1-9(7-13)8-14-12(16)6-10-3-2-4-11(15)5-10/h2-5,9,15H,6-8,13H2,1H3,(H,14,16). The van der Waals surface area contributed by atoms with Crippen molar-refractivity contribution in [1.82, 2.24) is 5.32 Å². The van der Waals surface area contributed by atoms with Crippen LogP contribution in [0.5, 0.6) is 5.75 Å². The number of nitrogens with two attached hydrogens (primary N) is 1. The molecular weight excluding hydrogens is 204 g/mol. The predicted molar refractivity (Wildman–Crippen MR) is 63.0 cm³/mol. The molecule has 0 heterocycles. The first-order valence-corrected chi connectivity index (χ1v) is 5.36. The predicted octanol–water partition coefficient (Wildman–Crippen LogP) is 0.646. The normalized spacial score (nSPS) is 12.1. The van der Waals surface area contributed by atoms with Gasteiger partial charge in [-0.2, -0.15) is 0 Å². The number of nitrogens with one attached hydrogen (secondary N) is 1. The van der Waals surface area contributed by atoms with Gasteiger partial charge in [-0.1, -0.05) is 19.1 Å². The van der Waals surface area contributed by atoms with Crippen LogP contribution in [0, 0.1) is 5.92 Å². The summed E-state index contributed by atoms with van der Waals surface area (Å²) in [6.45, 7) is 3.13. The van der Waals surface area contributed by atoms with E-state index in [1.54, 1.807) is 18.2 Å². The summed E-state index contributed by atoms with van der Waals surface area (Å²) in [5.74, 6) is 0.416. The van der Waals surface area contributed by atoms with Crippen LogP contribution in [0.4, 0.5) is 0 Å². The van der Waals surface area contributed by atoms with Gasteiger partial charge in [-0.15, -0.1) is 0 Å². The van der Waals surface area contributed by atoms with Gasteiger partial charge in [-0.3, -0.25) is 4.79 Å².